The van der Waals surface area contributed by atoms with Crippen LogP contribution in [0, 0.1) is 6.92 Å². The van der Waals surface area contributed by atoms with E-state index < -0.39 is 6.04 Å². The quantitative estimate of drug-likeness (QED) is 0.556. The van der Waals surface area contributed by atoms with Crippen molar-refractivity contribution in [1.29, 1.82) is 0 Å². The molecule has 0 aromatic heterocycles. The fourth-order valence-corrected chi connectivity index (χ4v) is 3.34. The van der Waals surface area contributed by atoms with Crippen molar-refractivity contribution in [2.45, 2.75) is 65.6 Å². The van der Waals surface area contributed by atoms with Crippen LogP contribution in [0.15, 0.2) is 54.6 Å². The van der Waals surface area contributed by atoms with Gasteiger partial charge in [-0.25, -0.2) is 0 Å². The van der Waals surface area contributed by atoms with Gasteiger partial charge in [-0.3, -0.25) is 9.59 Å². The summed E-state index contributed by atoms with van der Waals surface area (Å²) >= 11 is 0. The topological polar surface area (TPSA) is 58.6 Å². The fourth-order valence-electron chi connectivity index (χ4n) is 3.34. The second-order valence-corrected chi connectivity index (χ2v) is 7.80. The lowest BCUT2D eigenvalue weighted by Gasteiger charge is -2.31. The lowest BCUT2D eigenvalue weighted by molar-refractivity contribution is -0.141. The number of nitrogens with zero attached hydrogens (tertiary/aromatic N) is 1. The zero-order valence-electron chi connectivity index (χ0n) is 18.6. The van der Waals surface area contributed by atoms with Crippen LogP contribution in [0.5, 0.6) is 5.75 Å². The molecule has 0 heterocycles. The van der Waals surface area contributed by atoms with Gasteiger partial charge in [-0.05, 0) is 56.9 Å². The third-order valence-electron chi connectivity index (χ3n) is 4.97. The molecule has 2 rings (SSSR count). The van der Waals surface area contributed by atoms with Gasteiger partial charge in [-0.2, -0.15) is 0 Å². The molecule has 5 heteroatoms. The summed E-state index contributed by atoms with van der Waals surface area (Å²) in [7, 11) is 0. The Kier molecular flexibility index (Phi) is 9.39. The molecule has 0 bridgehead atoms. The molecular weight excluding hydrogens is 376 g/mol. The summed E-state index contributed by atoms with van der Waals surface area (Å²) < 4.78 is 5.71. The van der Waals surface area contributed by atoms with E-state index >= 15 is 0 Å². The van der Waals surface area contributed by atoms with Crippen LogP contribution >= 0.6 is 0 Å². The fraction of sp³-hybridized carbons (Fsp3) is 0.440. The molecule has 0 radical (unpaired) electrons. The van der Waals surface area contributed by atoms with Gasteiger partial charge in [-0.15, -0.1) is 0 Å². The number of para-hydroxylation sites is 1. The molecule has 2 aromatic carbocycles. The highest BCUT2D eigenvalue weighted by molar-refractivity contribution is 5.87. The highest BCUT2D eigenvalue weighted by atomic mass is 16.5. The number of ether oxygens (including phenoxy) is 1. The Morgan fingerprint density at radius 1 is 1.03 bits per heavy atom. The van der Waals surface area contributed by atoms with Crippen LogP contribution in [-0.4, -0.2) is 35.4 Å². The molecule has 30 heavy (non-hydrogen) atoms. The SMILES string of the molecule is CC[C@@H](C(=O)NC(C)C)N(Cc1ccccc1C)C(=O)CCCOc1ccccc1. The molecule has 0 aliphatic heterocycles. The molecule has 0 aliphatic carbocycles. The molecule has 2 aromatic rings. The van der Waals surface area contributed by atoms with Crippen LogP contribution in [0.25, 0.3) is 0 Å². The van der Waals surface area contributed by atoms with Crippen molar-refractivity contribution in [2.24, 2.45) is 0 Å². The van der Waals surface area contributed by atoms with Crippen molar-refractivity contribution in [3.8, 4) is 5.75 Å². The molecule has 1 atom stereocenters. The van der Waals surface area contributed by atoms with Crippen molar-refractivity contribution < 1.29 is 14.3 Å². The zero-order valence-corrected chi connectivity index (χ0v) is 18.6. The van der Waals surface area contributed by atoms with E-state index in [2.05, 4.69) is 5.32 Å². The number of amides is 2. The number of carbonyl (C=O) groups excluding carboxylic acids is 2. The first-order valence-corrected chi connectivity index (χ1v) is 10.7. The zero-order chi connectivity index (χ0) is 21.9. The second kappa shape index (κ2) is 12.0. The van der Waals surface area contributed by atoms with Crippen LogP contribution < -0.4 is 10.1 Å². The summed E-state index contributed by atoms with van der Waals surface area (Å²) in [4.78, 5) is 27.7. The average molecular weight is 411 g/mol. The van der Waals surface area contributed by atoms with Gasteiger partial charge < -0.3 is 15.0 Å². The Labute approximate surface area is 180 Å². The van der Waals surface area contributed by atoms with E-state index in [9.17, 15) is 9.59 Å². The van der Waals surface area contributed by atoms with Gasteiger partial charge >= 0.3 is 0 Å². The number of aryl methyl sites for hydroxylation is 1. The first-order valence-electron chi connectivity index (χ1n) is 10.7. The number of rotatable bonds is 11. The van der Waals surface area contributed by atoms with E-state index in [-0.39, 0.29) is 17.9 Å². The highest BCUT2D eigenvalue weighted by Gasteiger charge is 2.28. The largest absolute Gasteiger partial charge is 0.494 e. The lowest BCUT2D eigenvalue weighted by atomic mass is 10.0. The first-order chi connectivity index (χ1) is 14.4. The maximum atomic E-state index is 13.2. The Morgan fingerprint density at radius 2 is 1.70 bits per heavy atom. The third-order valence-corrected chi connectivity index (χ3v) is 4.97. The van der Waals surface area contributed by atoms with E-state index in [0.29, 0.717) is 32.4 Å². The molecule has 0 saturated heterocycles. The molecule has 5 nitrogen and oxygen atoms in total. The van der Waals surface area contributed by atoms with Crippen molar-refractivity contribution in [3.05, 3.63) is 65.7 Å². The molecule has 0 spiro atoms. The van der Waals surface area contributed by atoms with E-state index in [0.717, 1.165) is 16.9 Å². The Bertz CT molecular complexity index is 805. The predicted molar refractivity (Wildman–Crippen MR) is 120 cm³/mol. The Balaban J connectivity index is 2.07. The van der Waals surface area contributed by atoms with Crippen LogP contribution in [0.3, 0.4) is 0 Å². The van der Waals surface area contributed by atoms with Gasteiger partial charge in [0.05, 0.1) is 6.61 Å². The standard InChI is InChI=1S/C25H34N2O3/c1-5-23(25(29)26-19(2)3)27(18-21-13-10-9-12-20(21)4)24(28)16-11-17-30-22-14-7-6-8-15-22/h6-10,12-15,19,23H,5,11,16-18H2,1-4H3,(H,26,29)/t23-/m0/s1. The number of carbonyl (C=O) groups is 2. The van der Waals surface area contributed by atoms with Gasteiger partial charge in [0.2, 0.25) is 11.8 Å². The monoisotopic (exact) mass is 410 g/mol. The second-order valence-electron chi connectivity index (χ2n) is 7.80. The molecule has 0 saturated carbocycles. The van der Waals surface area contributed by atoms with Gasteiger partial charge in [0.1, 0.15) is 11.8 Å². The number of benzene rings is 2. The number of hydrogen-bond donors (Lipinski definition) is 1. The number of hydrogen-bond acceptors (Lipinski definition) is 3. The molecule has 1 N–H and O–H groups in total. The Hall–Kier alpha value is -2.82. The van der Waals surface area contributed by atoms with E-state index in [1.165, 1.54) is 0 Å². The van der Waals surface area contributed by atoms with Crippen LogP contribution in [0.1, 0.15) is 51.2 Å². The van der Waals surface area contributed by atoms with Gasteiger partial charge in [-0.1, -0.05) is 49.4 Å². The summed E-state index contributed by atoms with van der Waals surface area (Å²) in [5.74, 6) is 0.667. The van der Waals surface area contributed by atoms with Crippen LogP contribution in [0.2, 0.25) is 0 Å². The average Bonchev–Trinajstić information content (AvgIpc) is 2.72. The summed E-state index contributed by atoms with van der Waals surface area (Å²) in [6.45, 7) is 8.72. The maximum Gasteiger partial charge on any atom is 0.243 e. The lowest BCUT2D eigenvalue weighted by Crippen LogP contribution is -2.50. The third kappa shape index (κ3) is 7.21. The predicted octanol–water partition coefficient (Wildman–Crippen LogP) is 4.49. The van der Waals surface area contributed by atoms with Crippen molar-refractivity contribution in [3.63, 3.8) is 0 Å². The van der Waals surface area contributed by atoms with Crippen LogP contribution in [0.4, 0.5) is 0 Å². The molecule has 162 valence electrons. The summed E-state index contributed by atoms with van der Waals surface area (Å²) in [5.41, 5.74) is 2.17. The molecule has 0 aliphatic rings. The van der Waals surface area contributed by atoms with E-state index in [1.54, 1.807) is 4.90 Å². The highest BCUT2D eigenvalue weighted by Crippen LogP contribution is 2.17. The van der Waals surface area contributed by atoms with E-state index in [4.69, 9.17) is 4.74 Å². The maximum absolute atomic E-state index is 13.2. The smallest absolute Gasteiger partial charge is 0.243 e. The van der Waals surface area contributed by atoms with Crippen molar-refractivity contribution in [1.82, 2.24) is 10.2 Å². The van der Waals surface area contributed by atoms with Crippen molar-refractivity contribution >= 4 is 11.8 Å². The van der Waals surface area contributed by atoms with Gasteiger partial charge in [0.25, 0.3) is 0 Å². The molecule has 2 amide bonds. The summed E-state index contributed by atoms with van der Waals surface area (Å²) in [6.07, 6.45) is 1.50. The molecule has 0 fully saturated rings. The van der Waals surface area contributed by atoms with Crippen LogP contribution in [-0.2, 0) is 16.1 Å². The minimum Gasteiger partial charge on any atom is -0.494 e. The molecule has 0 unspecified atom stereocenters. The van der Waals surface area contributed by atoms with Crippen molar-refractivity contribution in [2.75, 3.05) is 6.61 Å². The minimum atomic E-state index is -0.491. The van der Waals surface area contributed by atoms with Gasteiger partial charge in [0, 0.05) is 19.0 Å². The summed E-state index contributed by atoms with van der Waals surface area (Å²) in [5, 5.41) is 2.96. The van der Waals surface area contributed by atoms with E-state index in [1.807, 2.05) is 82.3 Å². The molecular formula is C25H34N2O3. The normalized spacial score (nSPS) is 11.8. The minimum absolute atomic E-state index is 0.0272. The number of nitrogens with one attached hydrogen (secondary N) is 1. The van der Waals surface area contributed by atoms with Gasteiger partial charge in [0.15, 0.2) is 0 Å². The first kappa shape index (κ1) is 23.5. The summed E-state index contributed by atoms with van der Waals surface area (Å²) in [6, 6.07) is 17.1. The Morgan fingerprint density at radius 3 is 2.33 bits per heavy atom.